The number of hydrogen-bond donors (Lipinski definition) is 1. The normalized spacial score (nSPS) is 10.7. The van der Waals surface area contributed by atoms with Gasteiger partial charge in [0.25, 0.3) is 5.91 Å². The Morgan fingerprint density at radius 1 is 1.15 bits per heavy atom. The van der Waals surface area contributed by atoms with Crippen LogP contribution >= 0.6 is 11.3 Å². The minimum Gasteiger partial charge on any atom is -0.494 e. The van der Waals surface area contributed by atoms with Crippen LogP contribution in [0.3, 0.4) is 0 Å². The number of hydrogen-bond acceptors (Lipinski definition) is 3. The van der Waals surface area contributed by atoms with Crippen LogP contribution in [0.2, 0.25) is 0 Å². The summed E-state index contributed by atoms with van der Waals surface area (Å²) in [6, 6.07) is 15.9. The number of nitrogens with one attached hydrogen (secondary N) is 1. The van der Waals surface area contributed by atoms with Gasteiger partial charge in [-0.2, -0.15) is 0 Å². The van der Waals surface area contributed by atoms with E-state index in [1.165, 1.54) is 4.88 Å². The Labute approximate surface area is 158 Å². The van der Waals surface area contributed by atoms with E-state index < -0.39 is 0 Å². The number of amides is 1. The van der Waals surface area contributed by atoms with Gasteiger partial charge >= 0.3 is 0 Å². The van der Waals surface area contributed by atoms with E-state index in [-0.39, 0.29) is 5.91 Å². The summed E-state index contributed by atoms with van der Waals surface area (Å²) in [4.78, 5) is 13.8. The second kappa shape index (κ2) is 8.72. The standard InChI is InChI=1S/C21H24N2O2S/c1-16-14-20(17(2)23(16)15-19-10-6-13-26-19)21(24)22-11-7-12-25-18-8-4-3-5-9-18/h3-6,8-10,13-14H,7,11-12,15H2,1-2H3,(H,22,24). The summed E-state index contributed by atoms with van der Waals surface area (Å²) >= 11 is 1.74. The molecule has 0 unspecified atom stereocenters. The molecule has 3 aromatic rings. The van der Waals surface area contributed by atoms with E-state index in [1.54, 1.807) is 11.3 Å². The molecule has 1 amide bonds. The van der Waals surface area contributed by atoms with Crippen molar-refractivity contribution in [2.24, 2.45) is 0 Å². The van der Waals surface area contributed by atoms with E-state index in [2.05, 4.69) is 27.4 Å². The van der Waals surface area contributed by atoms with Crippen molar-refractivity contribution in [2.75, 3.05) is 13.2 Å². The third-order valence-corrected chi connectivity index (χ3v) is 5.19. The van der Waals surface area contributed by atoms with Gasteiger partial charge < -0.3 is 14.6 Å². The number of aromatic nitrogens is 1. The number of para-hydroxylation sites is 1. The van der Waals surface area contributed by atoms with E-state index in [4.69, 9.17) is 4.74 Å². The molecule has 136 valence electrons. The Bertz CT molecular complexity index is 839. The number of aryl methyl sites for hydroxylation is 1. The molecule has 26 heavy (non-hydrogen) atoms. The van der Waals surface area contributed by atoms with Gasteiger partial charge in [0, 0.05) is 22.8 Å². The molecule has 0 aliphatic carbocycles. The first-order valence-electron chi connectivity index (χ1n) is 8.80. The topological polar surface area (TPSA) is 43.3 Å². The molecule has 0 radical (unpaired) electrons. The summed E-state index contributed by atoms with van der Waals surface area (Å²) < 4.78 is 7.84. The molecular weight excluding hydrogens is 344 g/mol. The van der Waals surface area contributed by atoms with Gasteiger partial charge in [-0.25, -0.2) is 0 Å². The molecular formula is C21H24N2O2S. The summed E-state index contributed by atoms with van der Waals surface area (Å²) in [5, 5.41) is 5.07. The number of ether oxygens (including phenoxy) is 1. The van der Waals surface area contributed by atoms with Crippen molar-refractivity contribution in [2.45, 2.75) is 26.8 Å². The summed E-state index contributed by atoms with van der Waals surface area (Å²) in [5.41, 5.74) is 2.87. The molecule has 3 rings (SSSR count). The fourth-order valence-electron chi connectivity index (χ4n) is 2.91. The van der Waals surface area contributed by atoms with Gasteiger partial charge in [0.15, 0.2) is 0 Å². The lowest BCUT2D eigenvalue weighted by atomic mass is 10.2. The maximum atomic E-state index is 12.5. The highest BCUT2D eigenvalue weighted by atomic mass is 32.1. The second-order valence-electron chi connectivity index (χ2n) is 6.22. The van der Waals surface area contributed by atoms with Crippen molar-refractivity contribution in [3.63, 3.8) is 0 Å². The Balaban J connectivity index is 1.50. The number of thiophene rings is 1. The van der Waals surface area contributed by atoms with E-state index in [0.717, 1.165) is 35.7 Å². The largest absolute Gasteiger partial charge is 0.494 e. The van der Waals surface area contributed by atoms with Crippen LogP contribution in [0, 0.1) is 13.8 Å². The molecule has 5 heteroatoms. The number of nitrogens with zero attached hydrogens (tertiary/aromatic N) is 1. The van der Waals surface area contributed by atoms with Crippen molar-refractivity contribution in [3.05, 3.63) is 75.7 Å². The van der Waals surface area contributed by atoms with Gasteiger partial charge in [0.05, 0.1) is 18.7 Å². The predicted molar refractivity (Wildman–Crippen MR) is 106 cm³/mol. The third kappa shape index (κ3) is 4.55. The van der Waals surface area contributed by atoms with Crippen molar-refractivity contribution in [1.82, 2.24) is 9.88 Å². The summed E-state index contributed by atoms with van der Waals surface area (Å²) in [7, 11) is 0. The third-order valence-electron chi connectivity index (χ3n) is 4.33. The van der Waals surface area contributed by atoms with Crippen LogP contribution in [0.1, 0.15) is 33.0 Å². The molecule has 1 aromatic carbocycles. The molecule has 2 heterocycles. The fourth-order valence-corrected chi connectivity index (χ4v) is 3.60. The zero-order valence-corrected chi connectivity index (χ0v) is 16.0. The highest BCUT2D eigenvalue weighted by molar-refractivity contribution is 7.09. The van der Waals surface area contributed by atoms with E-state index in [1.807, 2.05) is 50.2 Å². The molecule has 0 bridgehead atoms. The Morgan fingerprint density at radius 2 is 1.96 bits per heavy atom. The van der Waals surface area contributed by atoms with Crippen LogP contribution in [-0.4, -0.2) is 23.6 Å². The molecule has 0 spiro atoms. The first-order chi connectivity index (χ1) is 12.6. The minimum absolute atomic E-state index is 0.0183. The van der Waals surface area contributed by atoms with E-state index in [0.29, 0.717) is 13.2 Å². The van der Waals surface area contributed by atoms with Crippen molar-refractivity contribution in [1.29, 1.82) is 0 Å². The average Bonchev–Trinajstić information content (AvgIpc) is 3.26. The molecule has 2 aromatic heterocycles. The molecule has 0 aliphatic heterocycles. The molecule has 4 nitrogen and oxygen atoms in total. The minimum atomic E-state index is -0.0183. The second-order valence-corrected chi connectivity index (χ2v) is 7.25. The first-order valence-corrected chi connectivity index (χ1v) is 9.68. The zero-order valence-electron chi connectivity index (χ0n) is 15.2. The predicted octanol–water partition coefficient (Wildman–Crippen LogP) is 4.41. The van der Waals surface area contributed by atoms with Crippen LogP contribution < -0.4 is 10.1 Å². The Hall–Kier alpha value is -2.53. The van der Waals surface area contributed by atoms with Gasteiger partial charge in [0.2, 0.25) is 0 Å². The summed E-state index contributed by atoms with van der Waals surface area (Å²) in [6.45, 7) is 6.05. The highest BCUT2D eigenvalue weighted by Gasteiger charge is 2.15. The van der Waals surface area contributed by atoms with Crippen molar-refractivity contribution < 1.29 is 9.53 Å². The molecule has 0 fully saturated rings. The van der Waals surface area contributed by atoms with Gasteiger partial charge in [0.1, 0.15) is 5.75 Å². The Kier molecular flexibility index (Phi) is 6.12. The number of carbonyl (C=O) groups excluding carboxylic acids is 1. The van der Waals surface area contributed by atoms with Gasteiger partial charge in [-0.3, -0.25) is 4.79 Å². The quantitative estimate of drug-likeness (QED) is 0.598. The van der Waals surface area contributed by atoms with Crippen LogP contribution in [0.15, 0.2) is 53.9 Å². The monoisotopic (exact) mass is 368 g/mol. The highest BCUT2D eigenvalue weighted by Crippen LogP contribution is 2.19. The van der Waals surface area contributed by atoms with Crippen molar-refractivity contribution >= 4 is 17.2 Å². The average molecular weight is 369 g/mol. The molecule has 1 N–H and O–H groups in total. The summed E-state index contributed by atoms with van der Waals surface area (Å²) in [6.07, 6.45) is 0.772. The molecule has 0 atom stereocenters. The van der Waals surface area contributed by atoms with E-state index in [9.17, 15) is 4.79 Å². The maximum Gasteiger partial charge on any atom is 0.253 e. The number of benzene rings is 1. The lowest BCUT2D eigenvalue weighted by Crippen LogP contribution is -2.26. The van der Waals surface area contributed by atoms with Gasteiger partial charge in [-0.1, -0.05) is 24.3 Å². The number of rotatable bonds is 8. The van der Waals surface area contributed by atoms with Crippen LogP contribution in [0.25, 0.3) is 0 Å². The molecule has 0 saturated heterocycles. The maximum absolute atomic E-state index is 12.5. The Morgan fingerprint density at radius 3 is 2.69 bits per heavy atom. The first kappa shape index (κ1) is 18.3. The van der Waals surface area contributed by atoms with Gasteiger partial charge in [-0.05, 0) is 49.9 Å². The van der Waals surface area contributed by atoms with E-state index >= 15 is 0 Å². The van der Waals surface area contributed by atoms with Crippen LogP contribution in [-0.2, 0) is 6.54 Å². The van der Waals surface area contributed by atoms with Crippen molar-refractivity contribution in [3.8, 4) is 5.75 Å². The van der Waals surface area contributed by atoms with Crippen LogP contribution in [0.5, 0.6) is 5.75 Å². The SMILES string of the molecule is Cc1cc(C(=O)NCCCOc2ccccc2)c(C)n1Cc1cccs1. The fraction of sp³-hybridized carbons (Fsp3) is 0.286. The smallest absolute Gasteiger partial charge is 0.253 e. The van der Waals surface area contributed by atoms with Crippen LogP contribution in [0.4, 0.5) is 0 Å². The molecule has 0 aliphatic rings. The lowest BCUT2D eigenvalue weighted by molar-refractivity contribution is 0.0951. The number of carbonyl (C=O) groups is 1. The zero-order chi connectivity index (χ0) is 18.4. The van der Waals surface area contributed by atoms with Gasteiger partial charge in [-0.15, -0.1) is 11.3 Å². The molecule has 0 saturated carbocycles. The lowest BCUT2D eigenvalue weighted by Gasteiger charge is -2.09. The summed E-state index contributed by atoms with van der Waals surface area (Å²) in [5.74, 6) is 0.839.